The lowest BCUT2D eigenvalue weighted by Gasteiger charge is -2.19. The number of methoxy groups -OCH3 is 3. The van der Waals surface area contributed by atoms with E-state index < -0.39 is 17.5 Å². The molecule has 1 aliphatic rings. The number of ether oxygens (including phenoxy) is 3. The fourth-order valence-corrected chi connectivity index (χ4v) is 2.87. The van der Waals surface area contributed by atoms with Gasteiger partial charge in [-0.1, -0.05) is 18.2 Å². The molecule has 25 heavy (non-hydrogen) atoms. The molecule has 0 unspecified atom stereocenters. The summed E-state index contributed by atoms with van der Waals surface area (Å²) in [5.74, 6) is -1.30. The van der Waals surface area contributed by atoms with Crippen molar-refractivity contribution >= 4 is 17.4 Å². The molecule has 1 amide bonds. The van der Waals surface area contributed by atoms with E-state index in [9.17, 15) is 14.0 Å². The highest BCUT2D eigenvalue weighted by Crippen LogP contribution is 2.48. The highest BCUT2D eigenvalue weighted by atomic mass is 19.1. The molecule has 7 heteroatoms. The van der Waals surface area contributed by atoms with E-state index in [4.69, 9.17) is 14.2 Å². The molecule has 0 radical (unpaired) electrons. The smallest absolute Gasteiger partial charge is 0.299 e. The second-order valence-electron chi connectivity index (χ2n) is 5.35. The minimum atomic E-state index is -0.758. The zero-order chi connectivity index (χ0) is 18.1. The van der Waals surface area contributed by atoms with E-state index in [0.29, 0.717) is 17.0 Å². The number of carbonyl (C=O) groups excluding carboxylic acids is 2. The van der Waals surface area contributed by atoms with Crippen molar-refractivity contribution in [3.05, 3.63) is 47.3 Å². The number of halogens is 1. The molecular weight excluding hydrogens is 329 g/mol. The highest BCUT2D eigenvalue weighted by Gasteiger charge is 2.41. The zero-order valence-electron chi connectivity index (χ0n) is 14.0. The molecule has 1 heterocycles. The predicted octanol–water partition coefficient (Wildman–Crippen LogP) is 2.58. The number of hydrogen-bond acceptors (Lipinski definition) is 5. The molecule has 0 fully saturated rings. The van der Waals surface area contributed by atoms with Gasteiger partial charge in [0.05, 0.1) is 39.1 Å². The van der Waals surface area contributed by atoms with Crippen molar-refractivity contribution in [2.45, 2.75) is 6.54 Å². The van der Waals surface area contributed by atoms with Crippen molar-refractivity contribution in [3.8, 4) is 17.2 Å². The molecular formula is C18H16FNO5. The van der Waals surface area contributed by atoms with Gasteiger partial charge >= 0.3 is 0 Å². The van der Waals surface area contributed by atoms with Gasteiger partial charge in [-0.05, 0) is 6.07 Å². The Morgan fingerprint density at radius 2 is 1.68 bits per heavy atom. The number of fused-ring (bicyclic) bond motifs is 1. The van der Waals surface area contributed by atoms with Crippen molar-refractivity contribution in [1.29, 1.82) is 0 Å². The van der Waals surface area contributed by atoms with E-state index in [1.54, 1.807) is 18.2 Å². The van der Waals surface area contributed by atoms with Gasteiger partial charge < -0.3 is 14.2 Å². The summed E-state index contributed by atoms with van der Waals surface area (Å²) in [7, 11) is 4.21. The summed E-state index contributed by atoms with van der Waals surface area (Å²) in [6.07, 6.45) is 0. The first-order valence-corrected chi connectivity index (χ1v) is 7.46. The first-order chi connectivity index (χ1) is 12.0. The lowest BCUT2D eigenvalue weighted by Crippen LogP contribution is -2.29. The maximum atomic E-state index is 14.0. The third-order valence-corrected chi connectivity index (χ3v) is 4.05. The molecule has 2 aromatic carbocycles. The summed E-state index contributed by atoms with van der Waals surface area (Å²) in [6, 6.07) is 7.59. The van der Waals surface area contributed by atoms with Gasteiger partial charge in [-0.15, -0.1) is 0 Å². The van der Waals surface area contributed by atoms with Crippen molar-refractivity contribution in [1.82, 2.24) is 0 Å². The summed E-state index contributed by atoms with van der Waals surface area (Å²) in [5, 5.41) is 0. The second-order valence-corrected chi connectivity index (χ2v) is 5.35. The number of amides is 1. The van der Waals surface area contributed by atoms with Crippen LogP contribution in [-0.4, -0.2) is 33.0 Å². The highest BCUT2D eigenvalue weighted by molar-refractivity contribution is 6.53. The molecule has 6 nitrogen and oxygen atoms in total. The lowest BCUT2D eigenvalue weighted by atomic mass is 10.1. The Balaban J connectivity index is 2.16. The molecule has 0 spiro atoms. The average Bonchev–Trinajstić information content (AvgIpc) is 2.86. The van der Waals surface area contributed by atoms with Crippen LogP contribution in [0.3, 0.4) is 0 Å². The summed E-state index contributed by atoms with van der Waals surface area (Å²) in [5.41, 5.74) is 0.680. The largest absolute Gasteiger partial charge is 0.493 e. The SMILES string of the molecule is COc1cc2c(c(OC)c1OC)C(=O)C(=O)N2Cc1ccccc1F. The molecule has 0 N–H and O–H groups in total. The Kier molecular flexibility index (Phi) is 4.31. The van der Waals surface area contributed by atoms with Crippen LogP contribution < -0.4 is 19.1 Å². The zero-order valence-corrected chi connectivity index (χ0v) is 14.0. The average molecular weight is 345 g/mol. The number of benzene rings is 2. The van der Waals surface area contributed by atoms with Gasteiger partial charge in [-0.25, -0.2) is 4.39 Å². The maximum Gasteiger partial charge on any atom is 0.299 e. The number of Topliss-reactive ketones (excluding diaryl/α,β-unsaturated/α-hetero) is 1. The molecule has 0 saturated heterocycles. The molecule has 130 valence electrons. The van der Waals surface area contributed by atoms with Gasteiger partial charge in [-0.3, -0.25) is 14.5 Å². The van der Waals surface area contributed by atoms with Crippen molar-refractivity contribution < 1.29 is 28.2 Å². The topological polar surface area (TPSA) is 65.1 Å². The Morgan fingerprint density at radius 1 is 1.00 bits per heavy atom. The monoisotopic (exact) mass is 345 g/mol. The minimum absolute atomic E-state index is 0.0805. The quantitative estimate of drug-likeness (QED) is 0.780. The van der Waals surface area contributed by atoms with Crippen LogP contribution in [0.4, 0.5) is 10.1 Å². The van der Waals surface area contributed by atoms with Gasteiger partial charge in [0.15, 0.2) is 11.5 Å². The van der Waals surface area contributed by atoms with Crippen LogP contribution in [0.2, 0.25) is 0 Å². The summed E-state index contributed by atoms with van der Waals surface area (Å²) < 4.78 is 29.8. The van der Waals surface area contributed by atoms with Crippen LogP contribution in [0.25, 0.3) is 0 Å². The Hall–Kier alpha value is -3.09. The fourth-order valence-electron chi connectivity index (χ4n) is 2.87. The van der Waals surface area contributed by atoms with Gasteiger partial charge in [0.1, 0.15) is 5.82 Å². The first-order valence-electron chi connectivity index (χ1n) is 7.46. The van der Waals surface area contributed by atoms with Crippen molar-refractivity contribution in [2.75, 3.05) is 26.2 Å². The van der Waals surface area contributed by atoms with Gasteiger partial charge in [-0.2, -0.15) is 0 Å². The molecule has 0 aliphatic carbocycles. The van der Waals surface area contributed by atoms with Crippen molar-refractivity contribution in [2.24, 2.45) is 0 Å². The molecule has 3 rings (SSSR count). The van der Waals surface area contributed by atoms with Crippen LogP contribution in [0.15, 0.2) is 30.3 Å². The molecule has 2 aromatic rings. The van der Waals surface area contributed by atoms with Crippen molar-refractivity contribution in [3.63, 3.8) is 0 Å². The Morgan fingerprint density at radius 3 is 2.28 bits per heavy atom. The fraction of sp³-hybridized carbons (Fsp3) is 0.222. The number of ketones is 1. The molecule has 0 atom stereocenters. The van der Waals surface area contributed by atoms with Gasteiger partial charge in [0.25, 0.3) is 11.7 Å². The number of hydrogen-bond donors (Lipinski definition) is 0. The van der Waals surface area contributed by atoms with Crippen LogP contribution in [-0.2, 0) is 11.3 Å². The van der Waals surface area contributed by atoms with E-state index in [0.717, 1.165) is 0 Å². The second kappa shape index (κ2) is 6.43. The van der Waals surface area contributed by atoms with E-state index in [1.165, 1.54) is 38.4 Å². The normalized spacial score (nSPS) is 13.0. The maximum absolute atomic E-state index is 14.0. The van der Waals surface area contributed by atoms with E-state index in [1.807, 2.05) is 0 Å². The van der Waals surface area contributed by atoms with Crippen LogP contribution in [0.5, 0.6) is 17.2 Å². The summed E-state index contributed by atoms with van der Waals surface area (Å²) >= 11 is 0. The van der Waals surface area contributed by atoms with Gasteiger partial charge in [0.2, 0.25) is 5.75 Å². The predicted molar refractivity (Wildman–Crippen MR) is 88.0 cm³/mol. The Bertz CT molecular complexity index is 865. The standard InChI is InChI=1S/C18H16FNO5/c1-23-13-8-12-14(17(25-3)16(13)24-2)15(21)18(22)20(12)9-10-6-4-5-7-11(10)19/h4-8H,9H2,1-3H3. The van der Waals surface area contributed by atoms with Crippen LogP contribution in [0, 0.1) is 5.82 Å². The van der Waals surface area contributed by atoms with Crippen LogP contribution in [0.1, 0.15) is 15.9 Å². The first kappa shape index (κ1) is 16.8. The van der Waals surface area contributed by atoms with Crippen LogP contribution >= 0.6 is 0 Å². The lowest BCUT2D eigenvalue weighted by molar-refractivity contribution is -0.114. The van der Waals surface area contributed by atoms with E-state index >= 15 is 0 Å². The molecule has 0 bridgehead atoms. The third kappa shape index (κ3) is 2.57. The molecule has 0 saturated carbocycles. The molecule has 0 aromatic heterocycles. The molecule has 1 aliphatic heterocycles. The Labute approximate surface area is 143 Å². The summed E-state index contributed by atoms with van der Waals surface area (Å²) in [4.78, 5) is 26.1. The number of nitrogens with zero attached hydrogens (tertiary/aromatic N) is 1. The van der Waals surface area contributed by atoms with E-state index in [-0.39, 0.29) is 23.6 Å². The van der Waals surface area contributed by atoms with E-state index in [2.05, 4.69) is 0 Å². The minimum Gasteiger partial charge on any atom is -0.493 e. The number of carbonyl (C=O) groups is 2. The van der Waals surface area contributed by atoms with Gasteiger partial charge in [0, 0.05) is 11.6 Å². The number of rotatable bonds is 5. The third-order valence-electron chi connectivity index (χ3n) is 4.05. The number of anilines is 1. The summed E-state index contributed by atoms with van der Waals surface area (Å²) in [6.45, 7) is -0.0805.